The number of anilines is 2. The van der Waals surface area contributed by atoms with E-state index in [1.165, 1.54) is 0 Å². The number of phenolic OH excluding ortho intramolecular Hbond substituents is 4. The Balaban J connectivity index is 1.35. The number of H-pyrrole nitrogens is 1. The van der Waals surface area contributed by atoms with Crippen LogP contribution >= 0.6 is 0 Å². The van der Waals surface area contributed by atoms with Crippen LogP contribution in [0.25, 0.3) is 21.5 Å². The molecule has 0 bridgehead atoms. The molecule has 0 amide bonds. The number of aromatic hydroxyl groups is 4. The van der Waals surface area contributed by atoms with Gasteiger partial charge in [0, 0.05) is 21.5 Å². The summed E-state index contributed by atoms with van der Waals surface area (Å²) < 4.78 is 208. The van der Waals surface area contributed by atoms with Crippen LogP contribution in [0.4, 0.5) is 40.1 Å². The zero-order chi connectivity index (χ0) is 53.3. The number of phenols is 4. The summed E-state index contributed by atoms with van der Waals surface area (Å²) in [7, 11) is -31.9. The van der Waals surface area contributed by atoms with Crippen molar-refractivity contribution in [3.8, 4) is 23.0 Å². The maximum absolute atomic E-state index is 12.9. The van der Waals surface area contributed by atoms with Gasteiger partial charge in [-0.3, -0.25) is 32.3 Å². The van der Waals surface area contributed by atoms with E-state index in [1.54, 1.807) is 0 Å². The Morgan fingerprint density at radius 3 is 1.32 bits per heavy atom. The number of hydrogen-bond donors (Lipinski definition) is 12. The lowest BCUT2D eigenvalue weighted by Gasteiger charge is -2.15. The standard InChI is InChI=1S/C35H25N9O22S6/c45-24-7-1-14(67(49,50)51)9-22(24)41-43-28-26(69(55,56)57)11-18-16(30(28)47)3-5-20(32(18)71(61,62)63)38-34-36-13-37-35(40-34)39-21-6-4-17-19(33(21)72(64,65)66)12-27(70(58,59)60)29(31(17)48)44-42-23-10-15(68(52,53)54)2-8-25(23)46/h1-13,45-48H,(H,49,50,51)(H,52,53,54)(H,55,56,57)(H,58,59,60)(H,61,62,63)(H,64,65,66)(H2,36,37,38,39,40). The van der Waals surface area contributed by atoms with Crippen LogP contribution in [0.5, 0.6) is 23.0 Å². The molecule has 0 aliphatic rings. The average molecular weight is 1120 g/mol. The third-order valence-corrected chi connectivity index (χ3v) is 14.8. The summed E-state index contributed by atoms with van der Waals surface area (Å²) in [5.41, 5.74) is -5.82. The monoisotopic (exact) mass is 1110 g/mol. The molecule has 7 rings (SSSR count). The first-order valence-corrected chi connectivity index (χ1v) is 27.0. The lowest BCUT2D eigenvalue weighted by molar-refractivity contribution is 0.469. The van der Waals surface area contributed by atoms with Gasteiger partial charge < -0.3 is 25.7 Å². The summed E-state index contributed by atoms with van der Waals surface area (Å²) in [6.07, 6.45) is 0.714. The molecule has 31 nitrogen and oxygen atoms in total. The maximum Gasteiger partial charge on any atom is 0.297 e. The van der Waals surface area contributed by atoms with Crippen LogP contribution in [-0.2, 0) is 60.7 Å². The second kappa shape index (κ2) is 18.2. The third-order valence-electron chi connectivity index (χ3n) is 9.50. The first-order valence-electron chi connectivity index (χ1n) is 18.4. The molecule has 37 heteroatoms. The van der Waals surface area contributed by atoms with Crippen LogP contribution in [0, 0.1) is 0 Å². The highest BCUT2D eigenvalue weighted by Gasteiger charge is 2.30. The fraction of sp³-hybridized carbons (Fsp3) is 0. The summed E-state index contributed by atoms with van der Waals surface area (Å²) in [6, 6.07) is 8.49. The number of hydrogen-bond acceptors (Lipinski definition) is 24. The predicted molar refractivity (Wildman–Crippen MR) is 240 cm³/mol. The van der Waals surface area contributed by atoms with E-state index in [9.17, 15) is 98.2 Å². The minimum absolute atomic E-state index is 0.399. The third kappa shape index (κ3) is 10.6. The van der Waals surface area contributed by atoms with E-state index in [0.29, 0.717) is 30.6 Å². The molecule has 6 aromatic carbocycles. The fourth-order valence-electron chi connectivity index (χ4n) is 6.47. The Hall–Kier alpha value is -7.69. The summed E-state index contributed by atoms with van der Waals surface area (Å²) in [5.74, 6) is -4.60. The van der Waals surface area contributed by atoms with Gasteiger partial charge >= 0.3 is 0 Å². The van der Waals surface area contributed by atoms with Gasteiger partial charge in [0.2, 0.25) is 11.6 Å². The molecule has 1 aromatic heterocycles. The van der Waals surface area contributed by atoms with Crippen molar-refractivity contribution in [2.45, 2.75) is 29.4 Å². The van der Waals surface area contributed by atoms with Crippen LogP contribution in [0.1, 0.15) is 0 Å². The van der Waals surface area contributed by atoms with Gasteiger partial charge in [-0.05, 0) is 72.8 Å². The van der Waals surface area contributed by atoms with Gasteiger partial charge in [-0.2, -0.15) is 50.5 Å². The van der Waals surface area contributed by atoms with Crippen LogP contribution in [0.15, 0.2) is 134 Å². The first-order chi connectivity index (χ1) is 33.1. The Bertz CT molecular complexity index is 4360. The molecule has 0 saturated heterocycles. The molecule has 0 aliphatic heterocycles. The largest absolute Gasteiger partial charge is 0.506 e. The van der Waals surface area contributed by atoms with Crippen molar-refractivity contribution in [2.75, 3.05) is 5.32 Å². The summed E-state index contributed by atoms with van der Waals surface area (Å²) in [5, 5.41) is 56.1. The summed E-state index contributed by atoms with van der Waals surface area (Å²) >= 11 is 0. The SMILES string of the molecule is O=S(=O)(O)c1ccc(O)c(N=Nc2c(S(=O)(=O)O)cc3c(S(=O)(=O)O)c(N=c4ncnc(Nc5ccc6c(O)c(N=Nc7cc(S(=O)(=O)O)ccc7O)c(S(=O)(=O)O)cc6c5S(=O)(=O)O)[nH]4)ccc3c2O)c1. The zero-order valence-corrected chi connectivity index (χ0v) is 39.4. The molecule has 7 aromatic rings. The lowest BCUT2D eigenvalue weighted by atomic mass is 10.1. The number of nitrogens with zero attached hydrogens (tertiary/aromatic N) is 7. The predicted octanol–water partition coefficient (Wildman–Crippen LogP) is 4.22. The number of aromatic nitrogens is 3. The number of benzene rings is 6. The molecule has 1 heterocycles. The molecule has 0 spiro atoms. The van der Waals surface area contributed by atoms with Gasteiger partial charge in [0.25, 0.3) is 60.7 Å². The Labute approximate surface area is 401 Å². The van der Waals surface area contributed by atoms with Crippen molar-refractivity contribution in [1.29, 1.82) is 0 Å². The average Bonchev–Trinajstić information content (AvgIpc) is 3.24. The number of nitrogens with one attached hydrogen (secondary N) is 2. The molecule has 12 N–H and O–H groups in total. The number of aromatic amines is 1. The topological polar surface area (TPSA) is 523 Å². The van der Waals surface area contributed by atoms with E-state index in [-0.39, 0.29) is 0 Å². The van der Waals surface area contributed by atoms with Crippen LogP contribution in [-0.4, -0.2) is 113 Å². The molecule has 0 fully saturated rings. The second-order valence-electron chi connectivity index (χ2n) is 14.1. The molecule has 0 atom stereocenters. The summed E-state index contributed by atoms with van der Waals surface area (Å²) in [6.45, 7) is 0. The molecule has 72 heavy (non-hydrogen) atoms. The molecule has 0 unspecified atom stereocenters. The highest BCUT2D eigenvalue weighted by atomic mass is 32.2. The molecular weight excluding hydrogens is 1090 g/mol. The van der Waals surface area contributed by atoms with Crippen LogP contribution < -0.4 is 10.9 Å². The van der Waals surface area contributed by atoms with Crippen LogP contribution in [0.2, 0.25) is 0 Å². The van der Waals surface area contributed by atoms with Crippen molar-refractivity contribution >= 4 is 122 Å². The minimum atomic E-state index is -5.55. The number of rotatable bonds is 13. The van der Waals surface area contributed by atoms with E-state index in [4.69, 9.17) is 0 Å². The molecule has 0 aliphatic carbocycles. The Morgan fingerprint density at radius 1 is 0.444 bits per heavy atom. The van der Waals surface area contributed by atoms with E-state index in [0.717, 1.165) is 48.5 Å². The number of azo groups is 2. The Kier molecular flexibility index (Phi) is 13.2. The van der Waals surface area contributed by atoms with Crippen molar-refractivity contribution in [2.24, 2.45) is 25.4 Å². The van der Waals surface area contributed by atoms with Gasteiger partial charge in [0.15, 0.2) is 11.5 Å². The molecule has 378 valence electrons. The zero-order valence-electron chi connectivity index (χ0n) is 34.5. The maximum atomic E-state index is 12.9. The van der Waals surface area contributed by atoms with Crippen molar-refractivity contribution < 1.29 is 98.2 Å². The van der Waals surface area contributed by atoms with Gasteiger partial charge in [-0.25, -0.2) is 15.0 Å². The second-order valence-corrected chi connectivity index (χ2v) is 22.5. The van der Waals surface area contributed by atoms with Crippen LogP contribution in [0.3, 0.4) is 0 Å². The minimum Gasteiger partial charge on any atom is -0.506 e. The number of fused-ring (bicyclic) bond motifs is 2. The van der Waals surface area contributed by atoms with Gasteiger partial charge in [-0.15, -0.1) is 20.5 Å². The molecular formula is C35H25N9O22S6. The summed E-state index contributed by atoms with van der Waals surface area (Å²) in [4.78, 5) is 7.11. The highest BCUT2D eigenvalue weighted by molar-refractivity contribution is 7.87. The first kappa shape index (κ1) is 52.1. The van der Waals surface area contributed by atoms with E-state index in [1.807, 2.05) is 0 Å². The Morgan fingerprint density at radius 2 is 0.889 bits per heavy atom. The molecule has 0 radical (unpaired) electrons. The fourth-order valence-corrected chi connectivity index (χ4v) is 10.4. The van der Waals surface area contributed by atoms with Gasteiger partial charge in [0.1, 0.15) is 60.2 Å². The van der Waals surface area contributed by atoms with E-state index < -0.39 is 180 Å². The quantitative estimate of drug-likeness (QED) is 0.0568. The van der Waals surface area contributed by atoms with Crippen molar-refractivity contribution in [1.82, 2.24) is 15.0 Å². The van der Waals surface area contributed by atoms with Gasteiger partial charge in [-0.1, -0.05) is 0 Å². The smallest absolute Gasteiger partial charge is 0.297 e. The van der Waals surface area contributed by atoms with E-state index in [2.05, 4.69) is 45.7 Å². The van der Waals surface area contributed by atoms with Gasteiger partial charge in [0.05, 0.1) is 21.2 Å². The normalized spacial score (nSPS) is 13.4. The molecule has 0 saturated carbocycles. The van der Waals surface area contributed by atoms with E-state index >= 15 is 0 Å². The lowest BCUT2D eigenvalue weighted by Crippen LogP contribution is -2.16. The highest BCUT2D eigenvalue weighted by Crippen LogP contribution is 2.47. The van der Waals surface area contributed by atoms with Crippen molar-refractivity contribution in [3.63, 3.8) is 0 Å². The van der Waals surface area contributed by atoms with Crippen molar-refractivity contribution in [3.05, 3.63) is 84.7 Å².